The molecule has 1 aromatic heterocycles. The molecule has 1 aliphatic heterocycles. The van der Waals surface area contributed by atoms with Crippen LogP contribution in [0.5, 0.6) is 0 Å². The van der Waals surface area contributed by atoms with Crippen molar-refractivity contribution in [2.75, 3.05) is 36.0 Å². The lowest BCUT2D eigenvalue weighted by Gasteiger charge is -2.38. The van der Waals surface area contributed by atoms with E-state index in [1.807, 2.05) is 56.3 Å². The average molecular weight is 404 g/mol. The molecule has 154 valence electrons. The van der Waals surface area contributed by atoms with Crippen molar-refractivity contribution in [1.29, 1.82) is 0 Å². The molecular weight excluding hydrogens is 380 g/mol. The SMILES string of the molecule is Cc1ccc(C)n1-c1cc([N+](=O)[O-])ccc1N1CCN(c2ccccc2C=O)CC1. The molecule has 0 aliphatic carbocycles. The average Bonchev–Trinajstić information content (AvgIpc) is 3.11. The van der Waals surface area contributed by atoms with Crippen LogP contribution in [-0.4, -0.2) is 42.0 Å². The Kier molecular flexibility index (Phi) is 5.27. The summed E-state index contributed by atoms with van der Waals surface area (Å²) in [4.78, 5) is 26.9. The second kappa shape index (κ2) is 8.02. The second-order valence-electron chi connectivity index (χ2n) is 7.53. The van der Waals surface area contributed by atoms with Crippen LogP contribution in [-0.2, 0) is 0 Å². The van der Waals surface area contributed by atoms with Crippen LogP contribution in [0.3, 0.4) is 0 Å². The molecule has 1 aliphatic rings. The minimum Gasteiger partial charge on any atom is -0.367 e. The van der Waals surface area contributed by atoms with Crippen molar-refractivity contribution >= 4 is 23.3 Å². The summed E-state index contributed by atoms with van der Waals surface area (Å²) < 4.78 is 2.07. The molecule has 0 radical (unpaired) electrons. The van der Waals surface area contributed by atoms with Gasteiger partial charge in [0.2, 0.25) is 0 Å². The first kappa shape index (κ1) is 19.7. The molecule has 7 heteroatoms. The smallest absolute Gasteiger partial charge is 0.271 e. The van der Waals surface area contributed by atoms with Crippen LogP contribution < -0.4 is 9.80 Å². The zero-order valence-corrected chi connectivity index (χ0v) is 17.1. The highest BCUT2D eigenvalue weighted by molar-refractivity contribution is 5.84. The number of nitro groups is 1. The van der Waals surface area contributed by atoms with Crippen LogP contribution in [0.15, 0.2) is 54.6 Å². The van der Waals surface area contributed by atoms with Gasteiger partial charge in [-0.1, -0.05) is 12.1 Å². The largest absolute Gasteiger partial charge is 0.367 e. The molecule has 1 saturated heterocycles. The van der Waals surface area contributed by atoms with Gasteiger partial charge in [-0.05, 0) is 44.2 Å². The summed E-state index contributed by atoms with van der Waals surface area (Å²) in [6, 6.07) is 16.7. The van der Waals surface area contributed by atoms with Crippen LogP contribution in [0, 0.1) is 24.0 Å². The Balaban J connectivity index is 1.65. The first-order chi connectivity index (χ1) is 14.5. The van der Waals surface area contributed by atoms with Crippen molar-refractivity contribution in [2.24, 2.45) is 0 Å². The Bertz CT molecular complexity index is 1080. The third-order valence-corrected chi connectivity index (χ3v) is 5.71. The number of anilines is 2. The molecule has 7 nitrogen and oxygen atoms in total. The molecule has 4 rings (SSSR count). The number of non-ortho nitro benzene ring substituents is 1. The number of benzene rings is 2. The monoisotopic (exact) mass is 404 g/mol. The number of aromatic nitrogens is 1. The fourth-order valence-corrected chi connectivity index (χ4v) is 4.18. The van der Waals surface area contributed by atoms with E-state index in [4.69, 9.17) is 0 Å². The molecule has 0 unspecified atom stereocenters. The predicted octanol–water partition coefficient (Wildman–Crippen LogP) is 4.14. The van der Waals surface area contributed by atoms with Crippen LogP contribution >= 0.6 is 0 Å². The van der Waals surface area contributed by atoms with Gasteiger partial charge in [0.25, 0.3) is 5.69 Å². The highest BCUT2D eigenvalue weighted by Crippen LogP contribution is 2.32. The van der Waals surface area contributed by atoms with Crippen molar-refractivity contribution in [1.82, 2.24) is 4.57 Å². The van der Waals surface area contributed by atoms with Crippen molar-refractivity contribution < 1.29 is 9.72 Å². The Morgan fingerprint density at radius 1 is 0.833 bits per heavy atom. The molecule has 30 heavy (non-hydrogen) atoms. The Hall–Kier alpha value is -3.61. The minimum atomic E-state index is -0.351. The Morgan fingerprint density at radius 2 is 1.43 bits per heavy atom. The van der Waals surface area contributed by atoms with Gasteiger partial charge >= 0.3 is 0 Å². The van der Waals surface area contributed by atoms with Gasteiger partial charge in [0.1, 0.15) is 0 Å². The standard InChI is InChI=1S/C23H24N4O3/c1-17-7-8-18(2)26(17)23-15-20(27(29)30)9-10-22(23)25-13-11-24(12-14-25)21-6-4-3-5-19(21)16-28/h3-10,15-16H,11-14H2,1-2H3. The van der Waals surface area contributed by atoms with Crippen molar-refractivity contribution in [3.8, 4) is 5.69 Å². The van der Waals surface area contributed by atoms with E-state index in [-0.39, 0.29) is 10.6 Å². The van der Waals surface area contributed by atoms with Crippen LogP contribution in [0.1, 0.15) is 21.7 Å². The summed E-state index contributed by atoms with van der Waals surface area (Å²) in [6.45, 7) is 7.07. The summed E-state index contributed by atoms with van der Waals surface area (Å²) in [7, 11) is 0. The minimum absolute atomic E-state index is 0.0831. The fraction of sp³-hybridized carbons (Fsp3) is 0.261. The molecule has 0 N–H and O–H groups in total. The van der Waals surface area contributed by atoms with E-state index < -0.39 is 0 Å². The number of carbonyl (C=O) groups is 1. The first-order valence-electron chi connectivity index (χ1n) is 9.97. The summed E-state index contributed by atoms with van der Waals surface area (Å²) in [5.41, 5.74) is 5.60. The van der Waals surface area contributed by atoms with Crippen molar-refractivity contribution in [2.45, 2.75) is 13.8 Å². The number of aryl methyl sites for hydroxylation is 2. The van der Waals surface area contributed by atoms with Gasteiger partial charge in [-0.3, -0.25) is 14.9 Å². The van der Waals surface area contributed by atoms with Gasteiger partial charge in [0.05, 0.1) is 16.3 Å². The maximum Gasteiger partial charge on any atom is 0.271 e. The zero-order valence-electron chi connectivity index (χ0n) is 17.1. The molecule has 2 aromatic carbocycles. The molecular formula is C23H24N4O3. The zero-order chi connectivity index (χ0) is 21.3. The van der Waals surface area contributed by atoms with E-state index in [2.05, 4.69) is 14.4 Å². The van der Waals surface area contributed by atoms with Crippen LogP contribution in [0.2, 0.25) is 0 Å². The fourth-order valence-electron chi connectivity index (χ4n) is 4.18. The lowest BCUT2D eigenvalue weighted by Crippen LogP contribution is -2.47. The maximum atomic E-state index is 11.4. The summed E-state index contributed by atoms with van der Waals surface area (Å²) in [5, 5.41) is 11.4. The van der Waals surface area contributed by atoms with E-state index in [1.165, 1.54) is 0 Å². The van der Waals surface area contributed by atoms with Crippen LogP contribution in [0.4, 0.5) is 17.1 Å². The van der Waals surface area contributed by atoms with Gasteiger partial charge in [0, 0.05) is 61.0 Å². The lowest BCUT2D eigenvalue weighted by molar-refractivity contribution is -0.384. The van der Waals surface area contributed by atoms with Gasteiger partial charge in [-0.15, -0.1) is 0 Å². The number of hydrogen-bond acceptors (Lipinski definition) is 5. The van der Waals surface area contributed by atoms with E-state index in [0.717, 1.165) is 60.9 Å². The highest BCUT2D eigenvalue weighted by Gasteiger charge is 2.23. The van der Waals surface area contributed by atoms with Gasteiger partial charge in [-0.2, -0.15) is 0 Å². The van der Waals surface area contributed by atoms with Gasteiger partial charge < -0.3 is 14.4 Å². The highest BCUT2D eigenvalue weighted by atomic mass is 16.6. The third kappa shape index (κ3) is 3.54. The van der Waals surface area contributed by atoms with Gasteiger partial charge in [0.15, 0.2) is 6.29 Å². The van der Waals surface area contributed by atoms with E-state index in [0.29, 0.717) is 5.56 Å². The molecule has 2 heterocycles. The number of hydrogen-bond donors (Lipinski definition) is 0. The molecule has 1 fully saturated rings. The third-order valence-electron chi connectivity index (χ3n) is 5.71. The summed E-state index contributed by atoms with van der Waals surface area (Å²) >= 11 is 0. The quantitative estimate of drug-likeness (QED) is 0.363. The number of piperazine rings is 1. The predicted molar refractivity (Wildman–Crippen MR) is 118 cm³/mol. The van der Waals surface area contributed by atoms with E-state index in [1.54, 1.807) is 12.1 Å². The van der Waals surface area contributed by atoms with E-state index >= 15 is 0 Å². The number of aldehydes is 1. The summed E-state index contributed by atoms with van der Waals surface area (Å²) in [6.07, 6.45) is 0.897. The lowest BCUT2D eigenvalue weighted by atomic mass is 10.1. The molecule has 0 spiro atoms. The van der Waals surface area contributed by atoms with Crippen molar-refractivity contribution in [3.63, 3.8) is 0 Å². The molecule has 0 saturated carbocycles. The number of para-hydroxylation sites is 1. The summed E-state index contributed by atoms with van der Waals surface area (Å²) in [5.74, 6) is 0. The maximum absolute atomic E-state index is 11.4. The molecule has 0 atom stereocenters. The number of nitro benzene ring substituents is 1. The molecule has 0 bridgehead atoms. The second-order valence-corrected chi connectivity index (χ2v) is 7.53. The number of nitrogens with zero attached hydrogens (tertiary/aromatic N) is 4. The van der Waals surface area contributed by atoms with Crippen molar-refractivity contribution in [3.05, 3.63) is 81.7 Å². The first-order valence-corrected chi connectivity index (χ1v) is 9.97. The number of rotatable bonds is 5. The normalized spacial score (nSPS) is 14.1. The number of carbonyl (C=O) groups excluding carboxylic acids is 1. The Morgan fingerprint density at radius 3 is 2.03 bits per heavy atom. The Labute approximate surface area is 175 Å². The topological polar surface area (TPSA) is 71.6 Å². The molecule has 3 aromatic rings. The van der Waals surface area contributed by atoms with E-state index in [9.17, 15) is 14.9 Å². The molecule has 0 amide bonds. The van der Waals surface area contributed by atoms with Crippen LogP contribution in [0.25, 0.3) is 5.69 Å². The van der Waals surface area contributed by atoms with Gasteiger partial charge in [-0.25, -0.2) is 0 Å².